The van der Waals surface area contributed by atoms with E-state index in [4.69, 9.17) is 9.31 Å². The second-order valence-electron chi connectivity index (χ2n) is 5.60. The van der Waals surface area contributed by atoms with E-state index in [9.17, 15) is 8.78 Å². The monoisotopic (exact) mass is 334 g/mol. The Morgan fingerprint density at radius 2 is 1.00 bits per heavy atom. The molecule has 0 N–H and O–H groups in total. The molecule has 0 unspecified atom stereocenters. The Labute approximate surface area is 143 Å². The molecule has 0 heterocycles. The number of halogens is 2. The first kappa shape index (κ1) is 15.5. The fourth-order valence-electron chi connectivity index (χ4n) is 2.81. The predicted molar refractivity (Wildman–Crippen MR) is 96.2 cm³/mol. The lowest BCUT2D eigenvalue weighted by molar-refractivity contribution is 0.424. The van der Waals surface area contributed by atoms with Crippen LogP contribution in [0.5, 0.6) is 11.5 Å². The molecule has 0 bridgehead atoms. The molecule has 2 nitrogen and oxygen atoms in total. The first-order valence-corrected chi connectivity index (χ1v) is 7.84. The summed E-state index contributed by atoms with van der Waals surface area (Å²) >= 11 is 0. The average Bonchev–Trinajstić information content (AvgIpc) is 2.66. The van der Waals surface area contributed by atoms with E-state index in [2.05, 4.69) is 0 Å². The van der Waals surface area contributed by atoms with Gasteiger partial charge in [0.2, 0.25) is 0 Å². The van der Waals surface area contributed by atoms with Crippen molar-refractivity contribution < 1.29 is 18.1 Å². The van der Waals surface area contributed by atoms with E-state index in [0.717, 1.165) is 10.8 Å². The Balaban J connectivity index is 1.53. The van der Waals surface area contributed by atoms with Crippen molar-refractivity contribution in [2.75, 3.05) is 0 Å². The van der Waals surface area contributed by atoms with Gasteiger partial charge in [0.05, 0.1) is 0 Å². The van der Waals surface area contributed by atoms with Gasteiger partial charge < -0.3 is 9.31 Å². The van der Waals surface area contributed by atoms with Crippen molar-refractivity contribution in [3.05, 3.63) is 84.4 Å². The first-order valence-electron chi connectivity index (χ1n) is 7.84. The molecule has 0 atom stereocenters. The van der Waals surface area contributed by atoms with Gasteiger partial charge >= 0.3 is 7.69 Å². The normalized spacial score (nSPS) is 10.8. The zero-order valence-electron chi connectivity index (χ0n) is 13.2. The third-order valence-electron chi connectivity index (χ3n) is 4.08. The summed E-state index contributed by atoms with van der Waals surface area (Å²) in [6.45, 7) is 0. The van der Waals surface area contributed by atoms with E-state index in [1.807, 2.05) is 24.3 Å². The third kappa shape index (κ3) is 2.89. The summed E-state index contributed by atoms with van der Waals surface area (Å²) in [5.74, 6) is -0.777. The molecular weight excluding hydrogens is 321 g/mol. The standard InChI is InChI=1S/C20H13BF2O2/c22-19-15-7-3-1-5-13(15)9-11-17(19)24-21-25-18-12-10-14-6-2-4-8-16(14)20(18)23/h1-12,21H. The molecule has 0 aliphatic heterocycles. The molecule has 0 radical (unpaired) electrons. The molecule has 25 heavy (non-hydrogen) atoms. The van der Waals surface area contributed by atoms with Crippen LogP contribution in [-0.4, -0.2) is 7.69 Å². The summed E-state index contributed by atoms with van der Waals surface area (Å²) in [6.07, 6.45) is 0. The molecule has 0 amide bonds. The summed E-state index contributed by atoms with van der Waals surface area (Å²) in [5, 5.41) is 2.51. The van der Waals surface area contributed by atoms with E-state index in [1.54, 1.807) is 36.4 Å². The smallest absolute Gasteiger partial charge is 0.526 e. The molecule has 0 aliphatic carbocycles. The minimum Gasteiger partial charge on any atom is -0.526 e. The largest absolute Gasteiger partial charge is 0.576 e. The molecule has 5 heteroatoms. The maximum absolute atomic E-state index is 14.4. The van der Waals surface area contributed by atoms with Gasteiger partial charge in [-0.1, -0.05) is 60.7 Å². The summed E-state index contributed by atoms with van der Waals surface area (Å²) in [4.78, 5) is 0. The lowest BCUT2D eigenvalue weighted by Crippen LogP contribution is -2.12. The molecule has 0 saturated heterocycles. The van der Waals surface area contributed by atoms with Crippen LogP contribution < -0.4 is 9.31 Å². The molecule has 4 rings (SSSR count). The Hall–Kier alpha value is -3.08. The highest BCUT2D eigenvalue weighted by molar-refractivity contribution is 6.21. The van der Waals surface area contributed by atoms with Crippen LogP contribution in [0.25, 0.3) is 21.5 Å². The quantitative estimate of drug-likeness (QED) is 0.489. The second-order valence-corrected chi connectivity index (χ2v) is 5.60. The zero-order chi connectivity index (χ0) is 17.2. The van der Waals surface area contributed by atoms with Gasteiger partial charge in [0, 0.05) is 10.8 Å². The molecule has 0 spiro atoms. The maximum Gasteiger partial charge on any atom is 0.576 e. The number of fused-ring (bicyclic) bond motifs is 2. The van der Waals surface area contributed by atoms with Crippen LogP contribution in [0.2, 0.25) is 0 Å². The van der Waals surface area contributed by atoms with Crippen molar-refractivity contribution in [3.8, 4) is 11.5 Å². The molecule has 0 aromatic heterocycles. The third-order valence-corrected chi connectivity index (χ3v) is 4.08. The Morgan fingerprint density at radius 3 is 1.48 bits per heavy atom. The fourth-order valence-corrected chi connectivity index (χ4v) is 2.81. The van der Waals surface area contributed by atoms with Crippen LogP contribution in [0.4, 0.5) is 8.78 Å². The summed E-state index contributed by atoms with van der Waals surface area (Å²) in [6, 6.07) is 20.8. The van der Waals surface area contributed by atoms with Crippen molar-refractivity contribution in [1.29, 1.82) is 0 Å². The van der Waals surface area contributed by atoms with Crippen LogP contribution in [0.15, 0.2) is 72.8 Å². The lowest BCUT2D eigenvalue weighted by atomic mass is 10.1. The first-order chi connectivity index (χ1) is 12.2. The zero-order valence-corrected chi connectivity index (χ0v) is 13.2. The summed E-state index contributed by atoms with van der Waals surface area (Å²) in [7, 11) is -0.287. The Kier molecular flexibility index (Phi) is 3.98. The summed E-state index contributed by atoms with van der Waals surface area (Å²) in [5.41, 5.74) is 0. The number of hydrogen-bond acceptors (Lipinski definition) is 2. The van der Waals surface area contributed by atoms with E-state index in [-0.39, 0.29) is 19.2 Å². The van der Waals surface area contributed by atoms with E-state index in [0.29, 0.717) is 10.8 Å². The highest BCUT2D eigenvalue weighted by atomic mass is 19.1. The molecular formula is C20H13BF2O2. The molecule has 4 aromatic rings. The molecule has 122 valence electrons. The predicted octanol–water partition coefficient (Wildman–Crippen LogP) is 5.00. The topological polar surface area (TPSA) is 18.5 Å². The number of hydrogen-bond donors (Lipinski definition) is 0. The Morgan fingerprint density at radius 1 is 0.560 bits per heavy atom. The minimum absolute atomic E-state index is 0.0693. The molecule has 0 fully saturated rings. The van der Waals surface area contributed by atoms with Crippen molar-refractivity contribution in [2.45, 2.75) is 0 Å². The van der Waals surface area contributed by atoms with E-state index in [1.165, 1.54) is 12.1 Å². The summed E-state index contributed by atoms with van der Waals surface area (Å²) < 4.78 is 39.6. The van der Waals surface area contributed by atoms with Gasteiger partial charge in [0.1, 0.15) is 11.5 Å². The van der Waals surface area contributed by atoms with Crippen LogP contribution >= 0.6 is 0 Å². The van der Waals surface area contributed by atoms with Crippen molar-refractivity contribution >= 4 is 29.2 Å². The van der Waals surface area contributed by atoms with Gasteiger partial charge in [0.15, 0.2) is 11.6 Å². The highest BCUT2D eigenvalue weighted by Crippen LogP contribution is 2.28. The second kappa shape index (κ2) is 6.44. The minimum atomic E-state index is -0.458. The van der Waals surface area contributed by atoms with Gasteiger partial charge in [-0.05, 0) is 22.9 Å². The Bertz CT molecular complexity index is 981. The van der Waals surface area contributed by atoms with Gasteiger partial charge in [-0.2, -0.15) is 0 Å². The van der Waals surface area contributed by atoms with Gasteiger partial charge in [0.25, 0.3) is 0 Å². The maximum atomic E-state index is 14.4. The van der Waals surface area contributed by atoms with Crippen molar-refractivity contribution in [3.63, 3.8) is 0 Å². The molecule has 0 saturated carbocycles. The fraction of sp³-hybridized carbons (Fsp3) is 0. The van der Waals surface area contributed by atoms with Crippen molar-refractivity contribution in [2.24, 2.45) is 0 Å². The highest BCUT2D eigenvalue weighted by Gasteiger charge is 2.12. The number of rotatable bonds is 4. The van der Waals surface area contributed by atoms with Crippen molar-refractivity contribution in [1.82, 2.24) is 0 Å². The van der Waals surface area contributed by atoms with Gasteiger partial charge in [-0.3, -0.25) is 0 Å². The molecule has 4 aromatic carbocycles. The SMILES string of the molecule is Fc1c(OBOc2ccc3ccccc3c2F)ccc2ccccc12. The van der Waals surface area contributed by atoms with Crippen LogP contribution in [0, 0.1) is 11.6 Å². The van der Waals surface area contributed by atoms with Crippen LogP contribution in [-0.2, 0) is 0 Å². The van der Waals surface area contributed by atoms with Gasteiger partial charge in [-0.15, -0.1) is 0 Å². The van der Waals surface area contributed by atoms with Crippen LogP contribution in [0.3, 0.4) is 0 Å². The van der Waals surface area contributed by atoms with E-state index < -0.39 is 11.6 Å². The van der Waals surface area contributed by atoms with Crippen LogP contribution in [0.1, 0.15) is 0 Å². The average molecular weight is 334 g/mol. The number of benzene rings is 4. The van der Waals surface area contributed by atoms with Gasteiger partial charge in [-0.25, -0.2) is 8.78 Å². The van der Waals surface area contributed by atoms with E-state index >= 15 is 0 Å². The lowest BCUT2D eigenvalue weighted by Gasteiger charge is -2.11. The molecule has 0 aliphatic rings.